The molecule has 0 aliphatic heterocycles. The summed E-state index contributed by atoms with van der Waals surface area (Å²) in [5.41, 5.74) is 2.27. The molecule has 1 heterocycles. The van der Waals surface area contributed by atoms with Gasteiger partial charge < -0.3 is 5.11 Å². The van der Waals surface area contributed by atoms with Gasteiger partial charge in [0.1, 0.15) is 0 Å². The molecule has 20 heavy (non-hydrogen) atoms. The third-order valence-corrected chi connectivity index (χ3v) is 4.96. The summed E-state index contributed by atoms with van der Waals surface area (Å²) in [7, 11) is 0. The topological polar surface area (TPSA) is 33.1 Å². The molecular formula is C17H21NOS. The molecule has 0 spiro atoms. The number of aliphatic hydroxyl groups excluding tert-OH is 1. The van der Waals surface area contributed by atoms with Crippen LogP contribution in [0.1, 0.15) is 37.1 Å². The number of hydrogen-bond acceptors (Lipinski definition) is 3. The second-order valence-corrected chi connectivity index (χ2v) is 6.68. The molecule has 2 unspecified atom stereocenters. The highest BCUT2D eigenvalue weighted by Crippen LogP contribution is 2.29. The van der Waals surface area contributed by atoms with Gasteiger partial charge in [-0.1, -0.05) is 43.2 Å². The Balaban J connectivity index is 1.68. The van der Waals surface area contributed by atoms with Gasteiger partial charge in [0.2, 0.25) is 0 Å². The lowest BCUT2D eigenvalue weighted by Crippen LogP contribution is -2.12. The predicted octanol–water partition coefficient (Wildman–Crippen LogP) is 4.29. The average Bonchev–Trinajstić information content (AvgIpc) is 2.83. The van der Waals surface area contributed by atoms with Gasteiger partial charge in [0.05, 0.1) is 16.8 Å². The second kappa shape index (κ2) is 6.51. The minimum Gasteiger partial charge on any atom is -0.393 e. The van der Waals surface area contributed by atoms with E-state index in [0.717, 1.165) is 25.0 Å². The number of aliphatic hydroxyl groups is 1. The summed E-state index contributed by atoms with van der Waals surface area (Å²) in [5, 5.41) is 13.3. The number of thiazole rings is 1. The molecule has 1 aliphatic rings. The van der Waals surface area contributed by atoms with Gasteiger partial charge >= 0.3 is 0 Å². The van der Waals surface area contributed by atoms with E-state index in [0.29, 0.717) is 5.92 Å². The predicted molar refractivity (Wildman–Crippen MR) is 83.8 cm³/mol. The number of benzene rings is 1. The molecule has 0 bridgehead atoms. The Labute approximate surface area is 124 Å². The SMILES string of the molecule is OC1CCCCC(Cc2nc(-c3ccccc3)cs2)C1. The molecule has 106 valence electrons. The first-order valence-electron chi connectivity index (χ1n) is 7.49. The molecule has 3 rings (SSSR count). The van der Waals surface area contributed by atoms with Crippen molar-refractivity contribution in [2.45, 2.75) is 44.6 Å². The van der Waals surface area contributed by atoms with Gasteiger partial charge in [-0.2, -0.15) is 0 Å². The third-order valence-electron chi connectivity index (χ3n) is 4.09. The summed E-state index contributed by atoms with van der Waals surface area (Å²) in [4.78, 5) is 4.77. The van der Waals surface area contributed by atoms with E-state index < -0.39 is 0 Å². The summed E-state index contributed by atoms with van der Waals surface area (Å²) in [6, 6.07) is 10.3. The minimum absolute atomic E-state index is 0.101. The van der Waals surface area contributed by atoms with Crippen molar-refractivity contribution in [2.24, 2.45) is 5.92 Å². The highest BCUT2D eigenvalue weighted by molar-refractivity contribution is 7.09. The standard InChI is InChI=1S/C17H21NOS/c19-15-9-5-4-6-13(10-15)11-17-18-16(12-20-17)14-7-2-1-3-8-14/h1-3,7-8,12-13,15,19H,4-6,9-11H2. The van der Waals surface area contributed by atoms with Crippen molar-refractivity contribution in [3.63, 3.8) is 0 Å². The van der Waals surface area contributed by atoms with Gasteiger partial charge in [-0.15, -0.1) is 11.3 Å². The summed E-state index contributed by atoms with van der Waals surface area (Å²) in [6.45, 7) is 0. The van der Waals surface area contributed by atoms with E-state index >= 15 is 0 Å². The van der Waals surface area contributed by atoms with Gasteiger partial charge in [-0.3, -0.25) is 0 Å². The molecule has 1 saturated carbocycles. The zero-order valence-corrected chi connectivity index (χ0v) is 12.5. The minimum atomic E-state index is -0.101. The molecule has 2 atom stereocenters. The molecule has 1 aromatic heterocycles. The van der Waals surface area contributed by atoms with Crippen LogP contribution in [0.2, 0.25) is 0 Å². The van der Waals surface area contributed by atoms with Crippen molar-refractivity contribution >= 4 is 11.3 Å². The van der Waals surface area contributed by atoms with Crippen LogP contribution in [-0.2, 0) is 6.42 Å². The van der Waals surface area contributed by atoms with Crippen molar-refractivity contribution in [3.8, 4) is 11.3 Å². The third kappa shape index (κ3) is 3.47. The first kappa shape index (κ1) is 13.8. The van der Waals surface area contributed by atoms with Gasteiger partial charge in [0.25, 0.3) is 0 Å². The summed E-state index contributed by atoms with van der Waals surface area (Å²) in [5.74, 6) is 0.599. The summed E-state index contributed by atoms with van der Waals surface area (Å²) in [6.07, 6.45) is 6.50. The van der Waals surface area contributed by atoms with Crippen LogP contribution in [0.5, 0.6) is 0 Å². The monoisotopic (exact) mass is 287 g/mol. The summed E-state index contributed by atoms with van der Waals surface area (Å²) >= 11 is 1.75. The maximum absolute atomic E-state index is 9.90. The Kier molecular flexibility index (Phi) is 4.48. The molecule has 0 radical (unpaired) electrons. The van der Waals surface area contributed by atoms with Crippen LogP contribution < -0.4 is 0 Å². The maximum atomic E-state index is 9.90. The van der Waals surface area contributed by atoms with E-state index in [-0.39, 0.29) is 6.10 Å². The van der Waals surface area contributed by atoms with Crippen LogP contribution in [-0.4, -0.2) is 16.2 Å². The van der Waals surface area contributed by atoms with E-state index in [4.69, 9.17) is 4.98 Å². The van der Waals surface area contributed by atoms with E-state index in [2.05, 4.69) is 29.6 Å². The van der Waals surface area contributed by atoms with Gasteiger partial charge in [-0.25, -0.2) is 4.98 Å². The zero-order chi connectivity index (χ0) is 13.8. The van der Waals surface area contributed by atoms with Crippen LogP contribution in [0.25, 0.3) is 11.3 Å². The van der Waals surface area contributed by atoms with Crippen molar-refractivity contribution in [3.05, 3.63) is 40.7 Å². The van der Waals surface area contributed by atoms with Gasteiger partial charge in [-0.05, 0) is 25.2 Å². The Hall–Kier alpha value is -1.19. The van der Waals surface area contributed by atoms with Gasteiger partial charge in [0.15, 0.2) is 0 Å². The molecule has 1 N–H and O–H groups in total. The van der Waals surface area contributed by atoms with E-state index in [9.17, 15) is 5.11 Å². The molecular weight excluding hydrogens is 266 g/mol. The molecule has 1 fully saturated rings. The summed E-state index contributed by atoms with van der Waals surface area (Å²) < 4.78 is 0. The number of rotatable bonds is 3. The molecule has 2 nitrogen and oxygen atoms in total. The second-order valence-electron chi connectivity index (χ2n) is 5.74. The Morgan fingerprint density at radius 3 is 2.80 bits per heavy atom. The van der Waals surface area contributed by atoms with Crippen molar-refractivity contribution in [1.82, 2.24) is 4.98 Å². The van der Waals surface area contributed by atoms with Crippen LogP contribution in [0.15, 0.2) is 35.7 Å². The Bertz CT molecular complexity index is 537. The fraction of sp³-hybridized carbons (Fsp3) is 0.471. The molecule has 1 aliphatic carbocycles. The van der Waals surface area contributed by atoms with Crippen LogP contribution in [0.4, 0.5) is 0 Å². The Morgan fingerprint density at radius 2 is 1.95 bits per heavy atom. The highest BCUT2D eigenvalue weighted by Gasteiger charge is 2.20. The molecule has 2 aromatic rings. The maximum Gasteiger partial charge on any atom is 0.0935 e. The van der Waals surface area contributed by atoms with Crippen molar-refractivity contribution in [1.29, 1.82) is 0 Å². The fourth-order valence-corrected chi connectivity index (χ4v) is 3.93. The lowest BCUT2D eigenvalue weighted by Gasteiger charge is -2.14. The normalized spacial score (nSPS) is 23.4. The number of aromatic nitrogens is 1. The van der Waals surface area contributed by atoms with E-state index in [1.54, 1.807) is 11.3 Å². The molecule has 0 saturated heterocycles. The fourth-order valence-electron chi connectivity index (χ4n) is 3.01. The van der Waals surface area contributed by atoms with Crippen molar-refractivity contribution in [2.75, 3.05) is 0 Å². The van der Waals surface area contributed by atoms with E-state index in [1.165, 1.54) is 29.8 Å². The van der Waals surface area contributed by atoms with Crippen molar-refractivity contribution < 1.29 is 5.11 Å². The first-order chi connectivity index (χ1) is 9.81. The number of nitrogens with zero attached hydrogens (tertiary/aromatic N) is 1. The van der Waals surface area contributed by atoms with Crippen LogP contribution in [0.3, 0.4) is 0 Å². The molecule has 1 aromatic carbocycles. The largest absolute Gasteiger partial charge is 0.393 e. The smallest absolute Gasteiger partial charge is 0.0935 e. The number of hydrogen-bond donors (Lipinski definition) is 1. The zero-order valence-electron chi connectivity index (χ0n) is 11.7. The lowest BCUT2D eigenvalue weighted by molar-refractivity contribution is 0.141. The van der Waals surface area contributed by atoms with Gasteiger partial charge in [0, 0.05) is 17.4 Å². The van der Waals surface area contributed by atoms with E-state index in [1.807, 2.05) is 6.07 Å². The highest BCUT2D eigenvalue weighted by atomic mass is 32.1. The lowest BCUT2D eigenvalue weighted by atomic mass is 9.96. The van der Waals surface area contributed by atoms with Crippen LogP contribution >= 0.6 is 11.3 Å². The molecule has 0 amide bonds. The quantitative estimate of drug-likeness (QED) is 0.854. The first-order valence-corrected chi connectivity index (χ1v) is 8.37. The molecule has 3 heteroatoms. The average molecular weight is 287 g/mol. The van der Waals surface area contributed by atoms with Crippen LogP contribution in [0, 0.1) is 5.92 Å². The Morgan fingerprint density at radius 1 is 1.15 bits per heavy atom.